The molecule has 0 saturated heterocycles. The maximum Gasteiger partial charge on any atom is 0.264 e. The van der Waals surface area contributed by atoms with Crippen molar-refractivity contribution in [3.05, 3.63) is 93.4 Å². The van der Waals surface area contributed by atoms with Gasteiger partial charge in [-0.05, 0) is 60.4 Å². The molecule has 0 aliphatic heterocycles. The summed E-state index contributed by atoms with van der Waals surface area (Å²) in [6.45, 7) is 5.63. The van der Waals surface area contributed by atoms with Gasteiger partial charge < -0.3 is 10.2 Å². The number of rotatable bonds is 12. The van der Waals surface area contributed by atoms with Crippen LogP contribution in [-0.4, -0.2) is 44.3 Å². The van der Waals surface area contributed by atoms with Crippen molar-refractivity contribution in [3.63, 3.8) is 0 Å². The van der Waals surface area contributed by atoms with Crippen molar-refractivity contribution in [2.75, 3.05) is 17.4 Å². The maximum absolute atomic E-state index is 14.1. The van der Waals surface area contributed by atoms with E-state index in [9.17, 15) is 18.0 Å². The van der Waals surface area contributed by atoms with Gasteiger partial charge in [0.2, 0.25) is 11.8 Å². The second-order valence-corrected chi connectivity index (χ2v) is 12.8. The highest BCUT2D eigenvalue weighted by atomic mass is 35.5. The largest absolute Gasteiger partial charge is 0.354 e. The zero-order valence-electron chi connectivity index (χ0n) is 22.5. The summed E-state index contributed by atoms with van der Waals surface area (Å²) in [7, 11) is -4.25. The SMILES string of the molecule is CC[C@H](C(=O)NCC(C)C)N(Cc1ccc(Cl)cc1)C(=O)CN(c1cc(Cl)ccc1Cl)S(=O)(=O)c1ccccc1. The minimum atomic E-state index is -4.25. The van der Waals surface area contributed by atoms with Gasteiger partial charge in [0.1, 0.15) is 12.6 Å². The monoisotopic (exact) mass is 623 g/mol. The molecule has 0 aliphatic carbocycles. The van der Waals surface area contributed by atoms with Gasteiger partial charge in [0.15, 0.2) is 0 Å². The molecule has 7 nitrogen and oxygen atoms in total. The fourth-order valence-corrected chi connectivity index (χ4v) is 6.05. The van der Waals surface area contributed by atoms with Crippen molar-refractivity contribution in [3.8, 4) is 0 Å². The van der Waals surface area contributed by atoms with Crippen LogP contribution >= 0.6 is 34.8 Å². The average Bonchev–Trinajstić information content (AvgIpc) is 2.93. The van der Waals surface area contributed by atoms with E-state index in [0.29, 0.717) is 18.0 Å². The molecule has 40 heavy (non-hydrogen) atoms. The molecule has 0 radical (unpaired) electrons. The van der Waals surface area contributed by atoms with Crippen LogP contribution in [0.15, 0.2) is 77.7 Å². The minimum absolute atomic E-state index is 0.0233. The number of halogens is 3. The molecule has 3 rings (SSSR count). The highest BCUT2D eigenvalue weighted by molar-refractivity contribution is 7.92. The predicted octanol–water partition coefficient (Wildman–Crippen LogP) is 6.42. The summed E-state index contributed by atoms with van der Waals surface area (Å²) in [5, 5.41) is 3.77. The molecule has 0 aliphatic rings. The van der Waals surface area contributed by atoms with Crippen molar-refractivity contribution in [2.45, 2.75) is 44.7 Å². The predicted molar refractivity (Wildman–Crippen MR) is 161 cm³/mol. The van der Waals surface area contributed by atoms with E-state index in [1.165, 1.54) is 35.2 Å². The van der Waals surface area contributed by atoms with Crippen molar-refractivity contribution in [1.82, 2.24) is 10.2 Å². The zero-order chi connectivity index (χ0) is 29.4. The van der Waals surface area contributed by atoms with E-state index in [1.807, 2.05) is 13.8 Å². The molecule has 3 aromatic rings. The topological polar surface area (TPSA) is 86.8 Å². The van der Waals surface area contributed by atoms with Gasteiger partial charge in [-0.2, -0.15) is 0 Å². The first-order valence-electron chi connectivity index (χ1n) is 12.8. The lowest BCUT2D eigenvalue weighted by atomic mass is 10.1. The number of nitrogens with zero attached hydrogens (tertiary/aromatic N) is 2. The van der Waals surface area contributed by atoms with Crippen LogP contribution in [0.2, 0.25) is 15.1 Å². The number of carbonyl (C=O) groups is 2. The third-order valence-corrected chi connectivity index (χ3v) is 8.70. The summed E-state index contributed by atoms with van der Waals surface area (Å²) in [5.74, 6) is -0.702. The quantitative estimate of drug-likeness (QED) is 0.252. The number of anilines is 1. The van der Waals surface area contributed by atoms with Crippen LogP contribution in [0.4, 0.5) is 5.69 Å². The summed E-state index contributed by atoms with van der Waals surface area (Å²) in [6, 6.07) is 18.2. The molecule has 0 bridgehead atoms. The maximum atomic E-state index is 14.1. The third-order valence-electron chi connectivity index (χ3n) is 6.12. The lowest BCUT2D eigenvalue weighted by Crippen LogP contribution is -2.52. The first-order valence-corrected chi connectivity index (χ1v) is 15.4. The van der Waals surface area contributed by atoms with Crippen molar-refractivity contribution in [1.29, 1.82) is 0 Å². The van der Waals surface area contributed by atoms with E-state index in [-0.39, 0.29) is 39.0 Å². The number of nitrogens with one attached hydrogen (secondary N) is 1. The average molecular weight is 625 g/mol. The number of hydrogen-bond acceptors (Lipinski definition) is 4. The molecule has 3 aromatic carbocycles. The normalized spacial score (nSPS) is 12.2. The smallest absolute Gasteiger partial charge is 0.264 e. The van der Waals surface area contributed by atoms with Gasteiger partial charge in [0.25, 0.3) is 10.0 Å². The van der Waals surface area contributed by atoms with E-state index in [1.54, 1.807) is 49.4 Å². The first kappa shape index (κ1) is 31.7. The van der Waals surface area contributed by atoms with E-state index in [4.69, 9.17) is 34.8 Å². The van der Waals surface area contributed by atoms with Crippen molar-refractivity contribution in [2.24, 2.45) is 5.92 Å². The molecule has 0 heterocycles. The van der Waals surface area contributed by atoms with E-state index in [2.05, 4.69) is 5.32 Å². The Morgan fingerprint density at radius 3 is 2.12 bits per heavy atom. The van der Waals surface area contributed by atoms with Crippen molar-refractivity contribution < 1.29 is 18.0 Å². The van der Waals surface area contributed by atoms with Crippen LogP contribution in [0.5, 0.6) is 0 Å². The Morgan fingerprint density at radius 2 is 1.52 bits per heavy atom. The first-order chi connectivity index (χ1) is 18.9. The van der Waals surface area contributed by atoms with E-state index >= 15 is 0 Å². The van der Waals surface area contributed by atoms with Gasteiger partial charge >= 0.3 is 0 Å². The Balaban J connectivity index is 2.07. The molecule has 1 atom stereocenters. The molecule has 0 fully saturated rings. The fraction of sp³-hybridized carbons (Fsp3) is 0.310. The molecular formula is C29H32Cl3N3O4S. The van der Waals surface area contributed by atoms with Crippen LogP contribution in [-0.2, 0) is 26.2 Å². The standard InChI is InChI=1S/C29H32Cl3N3O4S/c1-4-26(29(37)33-17-20(2)3)34(18-21-10-12-22(30)13-11-21)28(36)19-35(27-16-23(31)14-15-25(27)32)40(38,39)24-8-6-5-7-9-24/h5-16,20,26H,4,17-19H2,1-3H3,(H,33,37)/t26-/m1/s1. The highest BCUT2D eigenvalue weighted by Gasteiger charge is 2.34. The summed E-state index contributed by atoms with van der Waals surface area (Å²) < 4.78 is 28.7. The Kier molecular flexibility index (Phi) is 11.3. The zero-order valence-corrected chi connectivity index (χ0v) is 25.6. The van der Waals surface area contributed by atoms with Crippen molar-refractivity contribution >= 4 is 62.3 Å². The molecule has 0 saturated carbocycles. The number of benzene rings is 3. The van der Waals surface area contributed by atoms with Gasteiger partial charge in [-0.25, -0.2) is 8.42 Å². The van der Waals surface area contributed by atoms with Crippen LogP contribution in [0.25, 0.3) is 0 Å². The Hall–Kier alpha value is -2.78. The van der Waals surface area contributed by atoms with E-state index in [0.717, 1.165) is 9.87 Å². The summed E-state index contributed by atoms with van der Waals surface area (Å²) >= 11 is 18.7. The van der Waals surface area contributed by atoms with Gasteiger partial charge in [-0.1, -0.05) is 85.9 Å². The van der Waals surface area contributed by atoms with Gasteiger partial charge in [-0.3, -0.25) is 13.9 Å². The number of carbonyl (C=O) groups excluding carboxylic acids is 2. The van der Waals surface area contributed by atoms with E-state index < -0.39 is 28.5 Å². The summed E-state index contributed by atoms with van der Waals surface area (Å²) in [5.41, 5.74) is 0.779. The molecule has 214 valence electrons. The second kappa shape index (κ2) is 14.2. The van der Waals surface area contributed by atoms with Gasteiger partial charge in [0, 0.05) is 23.1 Å². The number of sulfonamides is 1. The van der Waals surface area contributed by atoms with Gasteiger partial charge in [-0.15, -0.1) is 0 Å². The van der Waals surface area contributed by atoms with Crippen LogP contribution in [0, 0.1) is 5.92 Å². The van der Waals surface area contributed by atoms with Crippen LogP contribution in [0.3, 0.4) is 0 Å². The molecule has 1 N–H and O–H groups in total. The van der Waals surface area contributed by atoms with Crippen LogP contribution < -0.4 is 9.62 Å². The third kappa shape index (κ3) is 8.13. The molecule has 11 heteroatoms. The van der Waals surface area contributed by atoms with Crippen LogP contribution in [0.1, 0.15) is 32.8 Å². The number of hydrogen-bond donors (Lipinski definition) is 1. The Labute approximate surface area is 251 Å². The molecule has 0 spiro atoms. The Morgan fingerprint density at radius 1 is 0.900 bits per heavy atom. The molecule has 0 unspecified atom stereocenters. The van der Waals surface area contributed by atoms with Gasteiger partial charge in [0.05, 0.1) is 15.6 Å². The fourth-order valence-electron chi connectivity index (χ4n) is 4.04. The molecule has 0 aromatic heterocycles. The lowest BCUT2D eigenvalue weighted by Gasteiger charge is -2.33. The number of amides is 2. The summed E-state index contributed by atoms with van der Waals surface area (Å²) in [4.78, 5) is 28.7. The highest BCUT2D eigenvalue weighted by Crippen LogP contribution is 2.33. The minimum Gasteiger partial charge on any atom is -0.354 e. The Bertz CT molecular complexity index is 1420. The second-order valence-electron chi connectivity index (χ2n) is 9.63. The molecular weight excluding hydrogens is 593 g/mol. The molecule has 2 amide bonds. The lowest BCUT2D eigenvalue weighted by molar-refractivity contribution is -0.140. The summed E-state index contributed by atoms with van der Waals surface area (Å²) in [6.07, 6.45) is 0.312.